The maximum Gasteiger partial charge on any atom is 0.270 e. The van der Waals surface area contributed by atoms with Gasteiger partial charge in [0.05, 0.1) is 16.2 Å². The third kappa shape index (κ3) is 3.51. The summed E-state index contributed by atoms with van der Waals surface area (Å²) in [5.74, 6) is 5.25. The van der Waals surface area contributed by atoms with Crippen LogP contribution in [0.3, 0.4) is 0 Å². The van der Waals surface area contributed by atoms with Gasteiger partial charge in [0.1, 0.15) is 0 Å². The van der Waals surface area contributed by atoms with Crippen molar-refractivity contribution in [1.82, 2.24) is 15.5 Å². The summed E-state index contributed by atoms with van der Waals surface area (Å²) in [7, 11) is 0. The molecule has 0 saturated carbocycles. The average Bonchev–Trinajstić information content (AvgIpc) is 2.99. The van der Waals surface area contributed by atoms with Gasteiger partial charge in [-0.2, -0.15) is 4.98 Å². The van der Waals surface area contributed by atoms with Crippen LogP contribution in [0.15, 0.2) is 29.1 Å². The van der Waals surface area contributed by atoms with Gasteiger partial charge in [-0.15, -0.1) is 0 Å². The van der Waals surface area contributed by atoms with Crippen LogP contribution < -0.4 is 16.6 Å². The van der Waals surface area contributed by atoms with Gasteiger partial charge < -0.3 is 15.3 Å². The molecule has 1 aromatic heterocycles. The lowest BCUT2D eigenvalue weighted by molar-refractivity contribution is -0.384. The summed E-state index contributed by atoms with van der Waals surface area (Å²) >= 11 is 0. The Kier molecular flexibility index (Phi) is 4.41. The summed E-state index contributed by atoms with van der Waals surface area (Å²) in [5, 5.41) is 16.9. The monoisotopic (exact) mass is 292 g/mol. The molecule has 2 rings (SSSR count). The van der Waals surface area contributed by atoms with E-state index >= 15 is 0 Å². The first-order valence-electron chi connectivity index (χ1n) is 5.90. The molecule has 21 heavy (non-hydrogen) atoms. The van der Waals surface area contributed by atoms with Crippen molar-refractivity contribution in [2.24, 2.45) is 5.84 Å². The van der Waals surface area contributed by atoms with E-state index in [0.29, 0.717) is 12.2 Å². The number of hydrogen-bond donors (Lipinski definition) is 3. The van der Waals surface area contributed by atoms with Crippen LogP contribution in [0.4, 0.5) is 11.4 Å². The Labute approximate surface area is 118 Å². The van der Waals surface area contributed by atoms with E-state index in [0.717, 1.165) is 6.07 Å². The second-order valence-corrected chi connectivity index (χ2v) is 3.98. The number of nitrogen functional groups attached to an aromatic ring is 1. The van der Waals surface area contributed by atoms with Crippen molar-refractivity contribution in [3.05, 3.63) is 46.1 Å². The second-order valence-electron chi connectivity index (χ2n) is 3.98. The number of nitrogens with two attached hydrogens (primary N) is 1. The number of nitrogens with zero attached hydrogens (tertiary/aromatic N) is 3. The number of rotatable bonds is 6. The van der Waals surface area contributed by atoms with Crippen molar-refractivity contribution in [2.75, 3.05) is 12.0 Å². The minimum Gasteiger partial charge on any atom is -0.352 e. The molecule has 0 bridgehead atoms. The summed E-state index contributed by atoms with van der Waals surface area (Å²) < 4.78 is 4.56. The van der Waals surface area contributed by atoms with Crippen LogP contribution in [0.25, 0.3) is 0 Å². The van der Waals surface area contributed by atoms with E-state index in [-0.39, 0.29) is 23.5 Å². The largest absolute Gasteiger partial charge is 0.352 e. The molecule has 0 aliphatic carbocycles. The summed E-state index contributed by atoms with van der Waals surface area (Å²) in [4.78, 5) is 26.0. The van der Waals surface area contributed by atoms with Crippen LogP contribution in [0.2, 0.25) is 0 Å². The molecule has 0 spiro atoms. The highest BCUT2D eigenvalue weighted by molar-refractivity contribution is 6.00. The Morgan fingerprint density at radius 1 is 1.48 bits per heavy atom. The molecule has 0 radical (unpaired) electrons. The molecule has 4 N–H and O–H groups in total. The van der Waals surface area contributed by atoms with Gasteiger partial charge in [-0.1, -0.05) is 5.16 Å². The van der Waals surface area contributed by atoms with Gasteiger partial charge in [-0.05, 0) is 6.07 Å². The van der Waals surface area contributed by atoms with Crippen LogP contribution in [0.1, 0.15) is 16.2 Å². The number of hydrogen-bond acceptors (Lipinski definition) is 8. The lowest BCUT2D eigenvalue weighted by Gasteiger charge is -2.09. The molecule has 1 heterocycles. The molecule has 0 unspecified atom stereocenters. The Hall–Kier alpha value is -3.01. The third-order valence-corrected chi connectivity index (χ3v) is 2.66. The number of nitrogens with one attached hydrogen (secondary N) is 2. The van der Waals surface area contributed by atoms with Gasteiger partial charge in [0.25, 0.3) is 11.6 Å². The normalized spacial score (nSPS) is 10.1. The van der Waals surface area contributed by atoms with Crippen molar-refractivity contribution >= 4 is 17.3 Å². The molecule has 0 atom stereocenters. The average molecular weight is 292 g/mol. The number of carbonyl (C=O) groups excluding carboxylic acids is 1. The van der Waals surface area contributed by atoms with Gasteiger partial charge in [0.15, 0.2) is 5.82 Å². The Morgan fingerprint density at radius 3 is 2.90 bits per heavy atom. The van der Waals surface area contributed by atoms with E-state index in [1.807, 2.05) is 0 Å². The van der Waals surface area contributed by atoms with Gasteiger partial charge in [0, 0.05) is 25.1 Å². The fourth-order valence-electron chi connectivity index (χ4n) is 1.65. The van der Waals surface area contributed by atoms with Gasteiger partial charge in [-0.3, -0.25) is 20.8 Å². The molecule has 1 aromatic carbocycles. The van der Waals surface area contributed by atoms with Gasteiger partial charge in [0.2, 0.25) is 6.39 Å². The number of carbonyl (C=O) groups is 1. The maximum atomic E-state index is 12.0. The van der Waals surface area contributed by atoms with Gasteiger partial charge >= 0.3 is 0 Å². The Bertz CT molecular complexity index is 642. The lowest BCUT2D eigenvalue weighted by Crippen LogP contribution is -2.27. The maximum absolute atomic E-state index is 12.0. The topological polar surface area (TPSA) is 149 Å². The molecule has 1 amide bonds. The summed E-state index contributed by atoms with van der Waals surface area (Å²) in [6.07, 6.45) is 1.57. The van der Waals surface area contributed by atoms with Crippen molar-refractivity contribution in [1.29, 1.82) is 0 Å². The molecule has 2 aromatic rings. The number of anilines is 1. The zero-order chi connectivity index (χ0) is 15.2. The first-order chi connectivity index (χ1) is 10.1. The summed E-state index contributed by atoms with van der Waals surface area (Å²) in [6.45, 7) is 0.255. The third-order valence-electron chi connectivity index (χ3n) is 2.66. The minimum atomic E-state index is -0.587. The predicted octanol–water partition coefficient (Wildman–Crippen LogP) is 0.236. The number of nitro groups is 1. The fraction of sp³-hybridized carbons (Fsp3) is 0.182. The van der Waals surface area contributed by atoms with Crippen LogP contribution in [0.5, 0.6) is 0 Å². The van der Waals surface area contributed by atoms with Crippen LogP contribution >= 0.6 is 0 Å². The highest BCUT2D eigenvalue weighted by Gasteiger charge is 2.16. The first kappa shape index (κ1) is 14.4. The zero-order valence-electron chi connectivity index (χ0n) is 10.8. The van der Waals surface area contributed by atoms with E-state index in [1.165, 1.54) is 18.5 Å². The number of aromatic nitrogens is 2. The molecule has 0 aliphatic rings. The number of non-ortho nitro benzene ring substituents is 1. The quantitative estimate of drug-likeness (QED) is 0.389. The van der Waals surface area contributed by atoms with Crippen LogP contribution in [0, 0.1) is 10.1 Å². The number of hydrazine groups is 1. The van der Waals surface area contributed by atoms with Gasteiger partial charge in [-0.25, -0.2) is 0 Å². The van der Waals surface area contributed by atoms with E-state index < -0.39 is 10.8 Å². The highest BCUT2D eigenvalue weighted by atomic mass is 16.6. The smallest absolute Gasteiger partial charge is 0.270 e. The zero-order valence-corrected chi connectivity index (χ0v) is 10.8. The van der Waals surface area contributed by atoms with E-state index in [2.05, 4.69) is 25.4 Å². The lowest BCUT2D eigenvalue weighted by atomic mass is 10.1. The SMILES string of the molecule is NNc1ccc([N+](=O)[O-])cc1C(=O)NCCc1ncon1. The molecule has 0 saturated heterocycles. The van der Waals surface area contributed by atoms with Crippen molar-refractivity contribution in [3.63, 3.8) is 0 Å². The number of amides is 1. The van der Waals surface area contributed by atoms with Crippen molar-refractivity contribution in [2.45, 2.75) is 6.42 Å². The minimum absolute atomic E-state index is 0.0832. The first-order valence-corrected chi connectivity index (χ1v) is 5.90. The molecular formula is C11H12N6O4. The van der Waals surface area contributed by atoms with Crippen molar-refractivity contribution < 1.29 is 14.2 Å². The molecular weight excluding hydrogens is 280 g/mol. The Morgan fingerprint density at radius 2 is 2.29 bits per heavy atom. The highest BCUT2D eigenvalue weighted by Crippen LogP contribution is 2.21. The summed E-state index contributed by atoms with van der Waals surface area (Å²) in [6, 6.07) is 3.77. The van der Waals surface area contributed by atoms with Crippen molar-refractivity contribution in [3.8, 4) is 0 Å². The molecule has 10 heteroatoms. The molecule has 0 fully saturated rings. The summed E-state index contributed by atoms with van der Waals surface area (Å²) in [5.41, 5.74) is 2.50. The predicted molar refractivity (Wildman–Crippen MR) is 71.2 cm³/mol. The molecule has 110 valence electrons. The van der Waals surface area contributed by atoms with Crippen LogP contribution in [-0.4, -0.2) is 27.5 Å². The molecule has 10 nitrogen and oxygen atoms in total. The molecule has 0 aliphatic heterocycles. The van der Waals surface area contributed by atoms with E-state index in [9.17, 15) is 14.9 Å². The fourth-order valence-corrected chi connectivity index (χ4v) is 1.65. The number of benzene rings is 1. The van der Waals surface area contributed by atoms with Crippen LogP contribution in [-0.2, 0) is 6.42 Å². The second kappa shape index (κ2) is 6.43. The Balaban J connectivity index is 2.06. The van der Waals surface area contributed by atoms with E-state index in [1.54, 1.807) is 0 Å². The standard InChI is InChI=1S/C11H12N6O4/c12-15-9-2-1-7(17(19)20)5-8(9)11(18)13-4-3-10-14-6-21-16-10/h1-2,5-6,15H,3-4,12H2,(H,13,18). The van der Waals surface area contributed by atoms with E-state index in [4.69, 9.17) is 5.84 Å². The number of nitro benzene ring substituents is 1.